The van der Waals surface area contributed by atoms with Crippen molar-refractivity contribution in [2.45, 2.75) is 0 Å². The normalized spacial score (nSPS) is 13.8. The summed E-state index contributed by atoms with van der Waals surface area (Å²) >= 11 is 8.76. The van der Waals surface area contributed by atoms with Crippen molar-refractivity contribution in [2.75, 3.05) is 17.8 Å². The van der Waals surface area contributed by atoms with Crippen LogP contribution in [0.4, 0.5) is 5.69 Å². The number of Topliss-reactive ketones (excluding diaryl/α,β-unsaturated/α-hetero) is 1. The molecule has 1 amide bonds. The Hall–Kier alpha value is -1.07. The molecule has 1 N–H and O–H groups in total. The van der Waals surface area contributed by atoms with Gasteiger partial charge in [-0.3, -0.25) is 9.59 Å². The van der Waals surface area contributed by atoms with Crippen molar-refractivity contribution in [1.82, 2.24) is 0 Å². The van der Waals surface area contributed by atoms with Gasteiger partial charge in [-0.15, -0.1) is 11.6 Å². The molecule has 1 aromatic rings. The molecule has 0 fully saturated rings. The molecule has 6 heteroatoms. The molecule has 0 saturated carbocycles. The van der Waals surface area contributed by atoms with E-state index in [9.17, 15) is 9.59 Å². The first-order chi connectivity index (χ1) is 7.61. The standard InChI is InChI=1S/C10H7BrClNO3/c11-5-1-6(8(14)3-12)10-7(2-5)13-9(15)4-16-10/h1-2H,3-4H2,(H,13,15). The summed E-state index contributed by atoms with van der Waals surface area (Å²) in [5, 5.41) is 2.63. The van der Waals surface area contributed by atoms with E-state index in [0.717, 1.165) is 0 Å². The summed E-state index contributed by atoms with van der Waals surface area (Å²) in [6, 6.07) is 3.30. The number of anilines is 1. The highest BCUT2D eigenvalue weighted by molar-refractivity contribution is 9.10. The van der Waals surface area contributed by atoms with Gasteiger partial charge in [0.15, 0.2) is 18.1 Å². The summed E-state index contributed by atoms with van der Waals surface area (Å²) in [5.41, 5.74) is 0.860. The number of nitrogens with one attached hydrogen (secondary N) is 1. The molecule has 0 saturated heterocycles. The molecule has 1 aliphatic heterocycles. The monoisotopic (exact) mass is 303 g/mol. The van der Waals surface area contributed by atoms with Gasteiger partial charge < -0.3 is 10.1 Å². The second-order valence-electron chi connectivity index (χ2n) is 3.22. The molecule has 0 atom stereocenters. The molecule has 4 nitrogen and oxygen atoms in total. The van der Waals surface area contributed by atoms with Gasteiger partial charge in [-0.05, 0) is 12.1 Å². The Bertz CT molecular complexity index is 475. The van der Waals surface area contributed by atoms with Gasteiger partial charge in [0.1, 0.15) is 0 Å². The predicted molar refractivity (Wildman–Crippen MR) is 63.3 cm³/mol. The smallest absolute Gasteiger partial charge is 0.262 e. The van der Waals surface area contributed by atoms with Crippen LogP contribution in [0.1, 0.15) is 10.4 Å². The molecule has 2 rings (SSSR count). The lowest BCUT2D eigenvalue weighted by molar-refractivity contribution is -0.118. The number of amides is 1. The number of ketones is 1. The van der Waals surface area contributed by atoms with Crippen LogP contribution in [0.2, 0.25) is 0 Å². The van der Waals surface area contributed by atoms with Gasteiger partial charge in [0.2, 0.25) is 0 Å². The maximum absolute atomic E-state index is 11.6. The third kappa shape index (κ3) is 2.05. The highest BCUT2D eigenvalue weighted by Crippen LogP contribution is 2.35. The van der Waals surface area contributed by atoms with Crippen LogP contribution >= 0.6 is 27.5 Å². The SMILES string of the molecule is O=C1COc2c(cc(Br)cc2C(=O)CCl)N1. The molecule has 1 aliphatic rings. The molecular formula is C10H7BrClNO3. The van der Waals surface area contributed by atoms with E-state index >= 15 is 0 Å². The zero-order chi connectivity index (χ0) is 11.7. The lowest BCUT2D eigenvalue weighted by atomic mass is 10.1. The number of rotatable bonds is 2. The van der Waals surface area contributed by atoms with Crippen molar-refractivity contribution < 1.29 is 14.3 Å². The molecule has 16 heavy (non-hydrogen) atoms. The van der Waals surface area contributed by atoms with Gasteiger partial charge in [0, 0.05) is 4.47 Å². The molecular weight excluding hydrogens is 297 g/mol. The molecule has 0 radical (unpaired) electrons. The van der Waals surface area contributed by atoms with Crippen LogP contribution in [0, 0.1) is 0 Å². The zero-order valence-electron chi connectivity index (χ0n) is 8.05. The highest BCUT2D eigenvalue weighted by atomic mass is 79.9. The summed E-state index contributed by atoms with van der Waals surface area (Å²) in [7, 11) is 0. The van der Waals surface area contributed by atoms with Crippen LogP contribution in [0.15, 0.2) is 16.6 Å². The Morgan fingerprint density at radius 1 is 1.56 bits per heavy atom. The molecule has 0 aromatic heterocycles. The number of carbonyl (C=O) groups is 2. The average Bonchev–Trinajstić information content (AvgIpc) is 2.26. The van der Waals surface area contributed by atoms with Crippen LogP contribution in [-0.2, 0) is 4.79 Å². The Morgan fingerprint density at radius 3 is 3.00 bits per heavy atom. The van der Waals surface area contributed by atoms with Crippen molar-refractivity contribution in [3.63, 3.8) is 0 Å². The van der Waals surface area contributed by atoms with Gasteiger partial charge in [0.05, 0.1) is 17.1 Å². The Kier molecular flexibility index (Phi) is 3.16. The number of alkyl halides is 1. The van der Waals surface area contributed by atoms with E-state index in [1.807, 2.05) is 0 Å². The molecule has 0 aliphatic carbocycles. The molecule has 1 heterocycles. The minimum atomic E-state index is -0.241. The van der Waals surface area contributed by atoms with E-state index in [0.29, 0.717) is 21.5 Å². The van der Waals surface area contributed by atoms with Crippen molar-refractivity contribution in [3.8, 4) is 5.75 Å². The summed E-state index contributed by atoms with van der Waals surface area (Å²) in [4.78, 5) is 22.7. The highest BCUT2D eigenvalue weighted by Gasteiger charge is 2.22. The molecule has 0 unspecified atom stereocenters. The summed E-state index contributed by atoms with van der Waals surface area (Å²) in [6.07, 6.45) is 0. The van der Waals surface area contributed by atoms with Crippen LogP contribution in [0.3, 0.4) is 0 Å². The average molecular weight is 305 g/mol. The van der Waals surface area contributed by atoms with Crippen molar-refractivity contribution >= 4 is 44.9 Å². The van der Waals surface area contributed by atoms with Gasteiger partial charge in [0.25, 0.3) is 5.91 Å². The van der Waals surface area contributed by atoms with Crippen molar-refractivity contribution in [3.05, 3.63) is 22.2 Å². The molecule has 0 bridgehead atoms. The number of ether oxygens (including phenoxy) is 1. The summed E-state index contributed by atoms with van der Waals surface area (Å²) in [5.74, 6) is -0.223. The third-order valence-electron chi connectivity index (χ3n) is 2.10. The largest absolute Gasteiger partial charge is 0.481 e. The van der Waals surface area contributed by atoms with Crippen LogP contribution < -0.4 is 10.1 Å². The fourth-order valence-corrected chi connectivity index (χ4v) is 2.05. The lowest BCUT2D eigenvalue weighted by Gasteiger charge is -2.20. The number of fused-ring (bicyclic) bond motifs is 1. The van der Waals surface area contributed by atoms with E-state index in [4.69, 9.17) is 16.3 Å². The Morgan fingerprint density at radius 2 is 2.31 bits per heavy atom. The van der Waals surface area contributed by atoms with Crippen molar-refractivity contribution in [2.24, 2.45) is 0 Å². The minimum absolute atomic E-state index is 0.0861. The fraction of sp³-hybridized carbons (Fsp3) is 0.200. The van der Waals surface area contributed by atoms with Crippen LogP contribution in [0.5, 0.6) is 5.75 Å². The quantitative estimate of drug-likeness (QED) is 0.673. The van der Waals surface area contributed by atoms with E-state index in [1.54, 1.807) is 12.1 Å². The van der Waals surface area contributed by atoms with E-state index in [2.05, 4.69) is 21.2 Å². The minimum Gasteiger partial charge on any atom is -0.481 e. The first kappa shape index (κ1) is 11.4. The van der Waals surface area contributed by atoms with Crippen LogP contribution in [0.25, 0.3) is 0 Å². The Balaban J connectivity index is 2.54. The third-order valence-corrected chi connectivity index (χ3v) is 2.80. The second kappa shape index (κ2) is 4.43. The zero-order valence-corrected chi connectivity index (χ0v) is 10.4. The molecule has 84 valence electrons. The van der Waals surface area contributed by atoms with Crippen LogP contribution in [-0.4, -0.2) is 24.2 Å². The number of carbonyl (C=O) groups excluding carboxylic acids is 2. The van der Waals surface area contributed by atoms with Gasteiger partial charge in [-0.1, -0.05) is 15.9 Å². The first-order valence-electron chi connectivity index (χ1n) is 4.47. The topological polar surface area (TPSA) is 55.4 Å². The maximum Gasteiger partial charge on any atom is 0.262 e. The second-order valence-corrected chi connectivity index (χ2v) is 4.41. The first-order valence-corrected chi connectivity index (χ1v) is 5.80. The number of hydrogen-bond acceptors (Lipinski definition) is 3. The number of benzene rings is 1. The number of hydrogen-bond donors (Lipinski definition) is 1. The summed E-state index contributed by atoms with van der Waals surface area (Å²) in [6.45, 7) is -0.0861. The lowest BCUT2D eigenvalue weighted by Crippen LogP contribution is -2.26. The summed E-state index contributed by atoms with van der Waals surface area (Å²) < 4.78 is 5.92. The van der Waals surface area contributed by atoms with Gasteiger partial charge >= 0.3 is 0 Å². The predicted octanol–water partition coefficient (Wildman–Crippen LogP) is 2.20. The molecule has 1 aromatic carbocycles. The van der Waals surface area contributed by atoms with E-state index < -0.39 is 0 Å². The molecule has 0 spiro atoms. The van der Waals surface area contributed by atoms with Gasteiger partial charge in [-0.25, -0.2) is 0 Å². The van der Waals surface area contributed by atoms with Crippen molar-refractivity contribution in [1.29, 1.82) is 0 Å². The maximum atomic E-state index is 11.6. The number of halogens is 2. The Labute approximate surface area is 105 Å². The fourth-order valence-electron chi connectivity index (χ4n) is 1.45. The van der Waals surface area contributed by atoms with E-state index in [1.165, 1.54) is 0 Å². The van der Waals surface area contributed by atoms with Gasteiger partial charge in [-0.2, -0.15) is 0 Å². The van der Waals surface area contributed by atoms with E-state index in [-0.39, 0.29) is 24.2 Å².